The molecule has 2 rings (SSSR count). The van der Waals surface area contributed by atoms with E-state index >= 15 is 0 Å². The first-order valence-electron chi connectivity index (χ1n) is 16.6. The van der Waals surface area contributed by atoms with Crippen molar-refractivity contribution in [3.05, 3.63) is 41.0 Å². The fraction of sp³-hybridized carbons (Fsp3) is 0.784. The molecule has 0 aliphatic heterocycles. The first-order chi connectivity index (χ1) is 18.1. The van der Waals surface area contributed by atoms with Gasteiger partial charge >= 0.3 is 21.7 Å². The van der Waals surface area contributed by atoms with E-state index in [0.717, 1.165) is 0 Å². The van der Waals surface area contributed by atoms with Crippen molar-refractivity contribution in [2.75, 3.05) is 6.54 Å². The molecule has 0 spiro atoms. The Bertz CT molecular complexity index is 830. The standard InChI is InChI=1S/C37H65N.Ti/c1-10-12-14-16-18-19-21-25-29-38(36(5,6)7)34(28-22-20-17-15-13-11-2)37(8,9)35-31(4)30(3)32-26-23-24-27-33(32)35;/h23-24,26-27,34-35H,10-22,25,28-29H2,1-9H3;/q;+2. The summed E-state index contributed by atoms with van der Waals surface area (Å²) in [5, 5.41) is 0. The van der Waals surface area contributed by atoms with Crippen LogP contribution in [0.1, 0.15) is 176 Å². The first-order valence-corrected chi connectivity index (χ1v) is 16.6. The Kier molecular flexibility index (Phi) is 17.1. The monoisotopic (exact) mass is 571 g/mol. The van der Waals surface area contributed by atoms with Crippen LogP contribution in [0.25, 0.3) is 5.57 Å². The van der Waals surface area contributed by atoms with Crippen LogP contribution in [0, 0.1) is 5.41 Å². The molecule has 2 atom stereocenters. The van der Waals surface area contributed by atoms with E-state index in [1.165, 1.54) is 114 Å². The Labute approximate surface area is 260 Å². The summed E-state index contributed by atoms with van der Waals surface area (Å²) < 4.78 is 0. The third-order valence-corrected chi connectivity index (χ3v) is 9.62. The molecule has 39 heavy (non-hydrogen) atoms. The maximum absolute atomic E-state index is 2.94. The molecule has 2 heteroatoms. The maximum atomic E-state index is 2.94. The molecule has 0 saturated carbocycles. The van der Waals surface area contributed by atoms with E-state index in [0.29, 0.717) is 12.0 Å². The van der Waals surface area contributed by atoms with Crippen molar-refractivity contribution in [2.45, 2.75) is 176 Å². The van der Waals surface area contributed by atoms with E-state index < -0.39 is 0 Å². The van der Waals surface area contributed by atoms with Crippen LogP contribution >= 0.6 is 0 Å². The van der Waals surface area contributed by atoms with Gasteiger partial charge in [-0.2, -0.15) is 0 Å². The number of hydrogen-bond acceptors (Lipinski definition) is 1. The molecule has 0 N–H and O–H groups in total. The van der Waals surface area contributed by atoms with E-state index in [2.05, 4.69) is 91.5 Å². The second-order valence-corrected chi connectivity index (χ2v) is 14.1. The van der Waals surface area contributed by atoms with Gasteiger partial charge in [0.1, 0.15) is 0 Å². The molecule has 1 nitrogen and oxygen atoms in total. The van der Waals surface area contributed by atoms with E-state index in [-0.39, 0.29) is 32.7 Å². The van der Waals surface area contributed by atoms with Gasteiger partial charge in [0.2, 0.25) is 0 Å². The number of rotatable bonds is 19. The van der Waals surface area contributed by atoms with Crippen molar-refractivity contribution in [1.29, 1.82) is 0 Å². The predicted molar refractivity (Wildman–Crippen MR) is 172 cm³/mol. The van der Waals surface area contributed by atoms with Gasteiger partial charge in [-0.05, 0) is 76.1 Å². The van der Waals surface area contributed by atoms with Gasteiger partial charge in [0.05, 0.1) is 0 Å². The van der Waals surface area contributed by atoms with E-state index in [1.54, 1.807) is 11.1 Å². The van der Waals surface area contributed by atoms with Crippen LogP contribution in [-0.4, -0.2) is 23.0 Å². The number of hydrogen-bond donors (Lipinski definition) is 0. The Hall–Kier alpha value is -0.366. The van der Waals surface area contributed by atoms with Gasteiger partial charge in [-0.3, -0.25) is 4.90 Å². The molecule has 1 aromatic rings. The molecule has 0 saturated heterocycles. The van der Waals surface area contributed by atoms with Crippen LogP contribution in [0.4, 0.5) is 0 Å². The summed E-state index contributed by atoms with van der Waals surface area (Å²) in [5.74, 6) is 0.507. The molecule has 1 aliphatic carbocycles. The largest absolute Gasteiger partial charge is 2.00 e. The molecule has 220 valence electrons. The second-order valence-electron chi connectivity index (χ2n) is 14.1. The second kappa shape index (κ2) is 18.2. The van der Waals surface area contributed by atoms with Crippen LogP contribution in [0.5, 0.6) is 0 Å². The number of allylic oxidation sites excluding steroid dienone is 2. The van der Waals surface area contributed by atoms with Gasteiger partial charge in [-0.15, -0.1) is 0 Å². The third kappa shape index (κ3) is 10.8. The van der Waals surface area contributed by atoms with Crippen LogP contribution < -0.4 is 0 Å². The molecule has 0 aromatic heterocycles. The number of nitrogens with zero attached hydrogens (tertiary/aromatic N) is 1. The molecule has 0 fully saturated rings. The predicted octanol–water partition coefficient (Wildman–Crippen LogP) is 12.0. The summed E-state index contributed by atoms with van der Waals surface area (Å²) in [6, 6.07) is 9.84. The van der Waals surface area contributed by atoms with E-state index in [4.69, 9.17) is 0 Å². The summed E-state index contributed by atoms with van der Waals surface area (Å²) in [6.45, 7) is 23.3. The SMILES string of the molecule is CCCCCCCCCCN(C(CCCCCCCC)C(C)(C)C1C(C)=C(C)c2ccccc21)C(C)(C)C.[Ti+2]. The Morgan fingerprint density at radius 1 is 0.692 bits per heavy atom. The van der Waals surface area contributed by atoms with Crippen molar-refractivity contribution in [3.8, 4) is 0 Å². The summed E-state index contributed by atoms with van der Waals surface area (Å²) in [4.78, 5) is 2.94. The zero-order chi connectivity index (χ0) is 28.2. The van der Waals surface area contributed by atoms with Crippen molar-refractivity contribution < 1.29 is 21.7 Å². The maximum Gasteiger partial charge on any atom is 2.00 e. The van der Waals surface area contributed by atoms with Gasteiger partial charge in [0, 0.05) is 17.5 Å². The van der Waals surface area contributed by atoms with E-state index in [9.17, 15) is 0 Å². The molecular weight excluding hydrogens is 506 g/mol. The van der Waals surface area contributed by atoms with Crippen LogP contribution in [-0.2, 0) is 21.7 Å². The van der Waals surface area contributed by atoms with Crippen LogP contribution in [0.15, 0.2) is 29.8 Å². The smallest absolute Gasteiger partial charge is 0.295 e. The van der Waals surface area contributed by atoms with Gasteiger partial charge in [0.15, 0.2) is 0 Å². The summed E-state index contributed by atoms with van der Waals surface area (Å²) in [7, 11) is 0. The first kappa shape index (κ1) is 36.7. The van der Waals surface area contributed by atoms with Gasteiger partial charge < -0.3 is 0 Å². The topological polar surface area (TPSA) is 3.24 Å². The minimum Gasteiger partial charge on any atom is -0.295 e. The van der Waals surface area contributed by atoms with Crippen molar-refractivity contribution >= 4 is 5.57 Å². The third-order valence-electron chi connectivity index (χ3n) is 9.62. The average Bonchev–Trinajstić information content (AvgIpc) is 3.13. The molecule has 0 bridgehead atoms. The molecule has 1 aliphatic rings. The molecule has 0 heterocycles. The molecular formula is C37H65NTi+2. The van der Waals surface area contributed by atoms with E-state index in [1.807, 2.05) is 0 Å². The number of fused-ring (bicyclic) bond motifs is 1. The zero-order valence-electron chi connectivity index (χ0n) is 27.7. The Balaban J connectivity index is 0.00000760. The number of benzene rings is 1. The van der Waals surface area contributed by atoms with Crippen LogP contribution in [0.2, 0.25) is 0 Å². The quantitative estimate of drug-likeness (QED) is 0.118. The fourth-order valence-corrected chi connectivity index (χ4v) is 7.33. The summed E-state index contributed by atoms with van der Waals surface area (Å²) in [6.07, 6.45) is 20.7. The minimum absolute atomic E-state index is 0. The normalized spacial score (nSPS) is 16.5. The van der Waals surface area contributed by atoms with Crippen molar-refractivity contribution in [3.63, 3.8) is 0 Å². The molecule has 0 amide bonds. The van der Waals surface area contributed by atoms with Gasteiger partial charge in [-0.1, -0.05) is 141 Å². The van der Waals surface area contributed by atoms with Gasteiger partial charge in [-0.25, -0.2) is 0 Å². The van der Waals surface area contributed by atoms with Crippen LogP contribution in [0.3, 0.4) is 0 Å². The van der Waals surface area contributed by atoms with Gasteiger partial charge in [0.25, 0.3) is 0 Å². The minimum atomic E-state index is 0. The zero-order valence-corrected chi connectivity index (χ0v) is 29.3. The number of unbranched alkanes of at least 4 members (excludes halogenated alkanes) is 12. The Morgan fingerprint density at radius 2 is 1.18 bits per heavy atom. The fourth-order valence-electron chi connectivity index (χ4n) is 7.33. The molecule has 0 radical (unpaired) electrons. The summed E-state index contributed by atoms with van der Waals surface area (Å²) >= 11 is 0. The average molecular weight is 572 g/mol. The Morgan fingerprint density at radius 3 is 1.72 bits per heavy atom. The van der Waals surface area contributed by atoms with Crippen molar-refractivity contribution in [2.24, 2.45) is 5.41 Å². The molecule has 1 aromatic carbocycles. The molecule has 2 unspecified atom stereocenters. The van der Waals surface area contributed by atoms with Crippen molar-refractivity contribution in [1.82, 2.24) is 4.90 Å². The summed E-state index contributed by atoms with van der Waals surface area (Å²) in [5.41, 5.74) is 6.53.